The standard InChI is InChI=1S/C20H19N3OS2/c1-2-24-16-10-19(26-12-16)17-11-20(23-13-22-17)21-7-5-14-3-4-15-6-8-25-18(15)9-14/h3-4,6,8-13H,2,5,7H2,1H3,(H,21,22,23). The molecule has 0 amide bonds. The van der Waals surface area contributed by atoms with Crippen molar-refractivity contribution in [1.29, 1.82) is 0 Å². The summed E-state index contributed by atoms with van der Waals surface area (Å²) in [5.74, 6) is 1.74. The molecule has 0 aliphatic heterocycles. The van der Waals surface area contributed by atoms with E-state index in [0.29, 0.717) is 6.61 Å². The lowest BCUT2D eigenvalue weighted by Gasteiger charge is -2.07. The van der Waals surface area contributed by atoms with Crippen molar-refractivity contribution in [2.45, 2.75) is 13.3 Å². The number of hydrogen-bond acceptors (Lipinski definition) is 6. The number of thiophene rings is 2. The van der Waals surface area contributed by atoms with Crippen molar-refractivity contribution in [3.05, 3.63) is 59.0 Å². The first-order valence-electron chi connectivity index (χ1n) is 8.55. The summed E-state index contributed by atoms with van der Waals surface area (Å²) in [6.45, 7) is 3.49. The SMILES string of the molecule is CCOc1csc(-c2cc(NCCc3ccc4ccsc4c3)ncn2)c1. The molecule has 0 bridgehead atoms. The van der Waals surface area contributed by atoms with Crippen LogP contribution in [0.15, 0.2) is 53.5 Å². The third kappa shape index (κ3) is 3.86. The molecular weight excluding hydrogens is 362 g/mol. The van der Waals surface area contributed by atoms with Crippen LogP contribution in [0.1, 0.15) is 12.5 Å². The second-order valence-corrected chi connectivity index (χ2v) is 7.70. The Morgan fingerprint density at radius 3 is 2.96 bits per heavy atom. The summed E-state index contributed by atoms with van der Waals surface area (Å²) in [6.07, 6.45) is 2.57. The summed E-state index contributed by atoms with van der Waals surface area (Å²) in [6, 6.07) is 12.8. The summed E-state index contributed by atoms with van der Waals surface area (Å²) >= 11 is 3.42. The van der Waals surface area contributed by atoms with Crippen LogP contribution < -0.4 is 10.1 Å². The Morgan fingerprint density at radius 2 is 2.04 bits per heavy atom. The third-order valence-corrected chi connectivity index (χ3v) is 5.86. The highest BCUT2D eigenvalue weighted by atomic mass is 32.1. The van der Waals surface area contributed by atoms with Crippen molar-refractivity contribution in [2.24, 2.45) is 0 Å². The van der Waals surface area contributed by atoms with Gasteiger partial charge in [0.2, 0.25) is 0 Å². The van der Waals surface area contributed by atoms with Crippen LogP contribution in [0.25, 0.3) is 20.7 Å². The van der Waals surface area contributed by atoms with Crippen molar-refractivity contribution in [1.82, 2.24) is 9.97 Å². The van der Waals surface area contributed by atoms with Gasteiger partial charge in [-0.3, -0.25) is 0 Å². The van der Waals surface area contributed by atoms with Gasteiger partial charge in [-0.1, -0.05) is 12.1 Å². The second-order valence-electron chi connectivity index (χ2n) is 5.84. The molecule has 0 aliphatic carbocycles. The molecule has 4 nitrogen and oxygen atoms in total. The Labute approximate surface area is 160 Å². The Balaban J connectivity index is 1.40. The van der Waals surface area contributed by atoms with Crippen LogP contribution >= 0.6 is 22.7 Å². The van der Waals surface area contributed by atoms with Crippen LogP contribution in [-0.4, -0.2) is 23.1 Å². The van der Waals surface area contributed by atoms with E-state index in [1.807, 2.05) is 24.4 Å². The van der Waals surface area contributed by atoms with Crippen LogP contribution in [0.3, 0.4) is 0 Å². The first kappa shape index (κ1) is 17.0. The lowest BCUT2D eigenvalue weighted by Crippen LogP contribution is -2.06. The number of hydrogen-bond donors (Lipinski definition) is 1. The molecule has 0 radical (unpaired) electrons. The number of nitrogens with zero attached hydrogens (tertiary/aromatic N) is 2. The first-order chi connectivity index (χ1) is 12.8. The number of benzene rings is 1. The number of fused-ring (bicyclic) bond motifs is 1. The molecule has 0 spiro atoms. The van der Waals surface area contributed by atoms with Crippen molar-refractivity contribution >= 4 is 38.6 Å². The predicted octanol–water partition coefficient (Wildman–Crippen LogP) is 5.47. The zero-order valence-electron chi connectivity index (χ0n) is 14.4. The molecule has 0 fully saturated rings. The van der Waals surface area contributed by atoms with E-state index in [1.165, 1.54) is 15.6 Å². The Kier molecular flexibility index (Phi) is 5.13. The van der Waals surface area contributed by atoms with Crippen molar-refractivity contribution in [3.8, 4) is 16.3 Å². The van der Waals surface area contributed by atoms with Gasteiger partial charge in [0.05, 0.1) is 17.2 Å². The summed E-state index contributed by atoms with van der Waals surface area (Å²) in [5.41, 5.74) is 2.25. The van der Waals surface area contributed by atoms with Gasteiger partial charge in [0, 0.05) is 28.8 Å². The molecule has 0 saturated heterocycles. The van der Waals surface area contributed by atoms with Gasteiger partial charge in [-0.15, -0.1) is 22.7 Å². The molecule has 0 saturated carbocycles. The van der Waals surface area contributed by atoms with Gasteiger partial charge in [0.25, 0.3) is 0 Å². The maximum Gasteiger partial charge on any atom is 0.130 e. The average Bonchev–Trinajstić information content (AvgIpc) is 3.31. The summed E-state index contributed by atoms with van der Waals surface area (Å²) in [7, 11) is 0. The smallest absolute Gasteiger partial charge is 0.130 e. The molecule has 4 aromatic rings. The number of aromatic nitrogens is 2. The van der Waals surface area contributed by atoms with E-state index in [2.05, 4.69) is 44.9 Å². The summed E-state index contributed by atoms with van der Waals surface area (Å²) in [5, 5.41) is 8.86. The van der Waals surface area contributed by atoms with E-state index in [1.54, 1.807) is 29.0 Å². The summed E-state index contributed by atoms with van der Waals surface area (Å²) < 4.78 is 6.87. The van der Waals surface area contributed by atoms with Crippen molar-refractivity contribution < 1.29 is 4.74 Å². The fourth-order valence-electron chi connectivity index (χ4n) is 2.77. The zero-order chi connectivity index (χ0) is 17.8. The van der Waals surface area contributed by atoms with Gasteiger partial charge < -0.3 is 10.1 Å². The largest absolute Gasteiger partial charge is 0.493 e. The first-order valence-corrected chi connectivity index (χ1v) is 10.3. The normalized spacial score (nSPS) is 11.0. The molecule has 132 valence electrons. The summed E-state index contributed by atoms with van der Waals surface area (Å²) in [4.78, 5) is 9.80. The van der Waals surface area contributed by atoms with Gasteiger partial charge >= 0.3 is 0 Å². The number of nitrogens with one attached hydrogen (secondary N) is 1. The van der Waals surface area contributed by atoms with E-state index in [0.717, 1.165) is 35.1 Å². The quantitative estimate of drug-likeness (QED) is 0.461. The van der Waals surface area contributed by atoms with Gasteiger partial charge in [0.1, 0.15) is 17.9 Å². The maximum atomic E-state index is 5.53. The highest BCUT2D eigenvalue weighted by Crippen LogP contribution is 2.30. The van der Waals surface area contributed by atoms with E-state index in [4.69, 9.17) is 4.74 Å². The zero-order valence-corrected chi connectivity index (χ0v) is 16.1. The molecule has 0 unspecified atom stereocenters. The predicted molar refractivity (Wildman–Crippen MR) is 111 cm³/mol. The molecule has 1 aromatic carbocycles. The molecule has 3 heterocycles. The van der Waals surface area contributed by atoms with Crippen molar-refractivity contribution in [2.75, 3.05) is 18.5 Å². The van der Waals surface area contributed by atoms with Crippen LogP contribution in [0.2, 0.25) is 0 Å². The van der Waals surface area contributed by atoms with E-state index in [9.17, 15) is 0 Å². The fraction of sp³-hybridized carbons (Fsp3) is 0.200. The van der Waals surface area contributed by atoms with Gasteiger partial charge in [-0.05, 0) is 41.8 Å². The minimum Gasteiger partial charge on any atom is -0.493 e. The molecule has 0 aliphatic rings. The van der Waals surface area contributed by atoms with Crippen LogP contribution in [0.5, 0.6) is 5.75 Å². The Bertz CT molecular complexity index is 1010. The van der Waals surface area contributed by atoms with Crippen LogP contribution in [0.4, 0.5) is 5.82 Å². The lowest BCUT2D eigenvalue weighted by molar-refractivity contribution is 0.342. The monoisotopic (exact) mass is 381 g/mol. The molecule has 1 N–H and O–H groups in total. The molecular formula is C20H19N3OS2. The van der Waals surface area contributed by atoms with Gasteiger partial charge in [0.15, 0.2) is 0 Å². The van der Waals surface area contributed by atoms with Crippen LogP contribution in [0, 0.1) is 0 Å². The number of ether oxygens (including phenoxy) is 1. The number of anilines is 1. The van der Waals surface area contributed by atoms with E-state index >= 15 is 0 Å². The molecule has 6 heteroatoms. The topological polar surface area (TPSA) is 47.0 Å². The van der Waals surface area contributed by atoms with Crippen LogP contribution in [-0.2, 0) is 6.42 Å². The molecule has 3 aromatic heterocycles. The molecule has 26 heavy (non-hydrogen) atoms. The number of rotatable bonds is 7. The maximum absolute atomic E-state index is 5.53. The third-order valence-electron chi connectivity index (χ3n) is 4.05. The average molecular weight is 382 g/mol. The minimum atomic E-state index is 0.671. The lowest BCUT2D eigenvalue weighted by atomic mass is 10.1. The Hall–Kier alpha value is -2.44. The van der Waals surface area contributed by atoms with E-state index in [-0.39, 0.29) is 0 Å². The van der Waals surface area contributed by atoms with Crippen molar-refractivity contribution in [3.63, 3.8) is 0 Å². The Morgan fingerprint density at radius 1 is 1.08 bits per heavy atom. The van der Waals surface area contributed by atoms with Gasteiger partial charge in [-0.2, -0.15) is 0 Å². The second kappa shape index (κ2) is 7.85. The minimum absolute atomic E-state index is 0.671. The highest BCUT2D eigenvalue weighted by Gasteiger charge is 2.06. The highest BCUT2D eigenvalue weighted by molar-refractivity contribution is 7.17. The molecule has 0 atom stereocenters. The fourth-order valence-corrected chi connectivity index (χ4v) is 4.42. The van der Waals surface area contributed by atoms with Gasteiger partial charge in [-0.25, -0.2) is 9.97 Å². The molecule has 4 rings (SSSR count). The van der Waals surface area contributed by atoms with E-state index < -0.39 is 0 Å².